The molecular formula is C21H18F2N4O3S. The third-order valence-electron chi connectivity index (χ3n) is 4.57. The number of benzene rings is 2. The van der Waals surface area contributed by atoms with E-state index in [-0.39, 0.29) is 17.4 Å². The van der Waals surface area contributed by atoms with Crippen molar-refractivity contribution in [1.29, 1.82) is 0 Å². The number of nitrogens with one attached hydrogen (secondary N) is 1. The van der Waals surface area contributed by atoms with E-state index in [9.17, 15) is 13.6 Å². The Morgan fingerprint density at radius 3 is 2.58 bits per heavy atom. The zero-order valence-electron chi connectivity index (χ0n) is 16.6. The number of carbonyl (C=O) groups is 1. The first kappa shape index (κ1) is 20.9. The maximum absolute atomic E-state index is 12.4. The lowest BCUT2D eigenvalue weighted by atomic mass is 10.1. The summed E-state index contributed by atoms with van der Waals surface area (Å²) in [7, 11) is 1.60. The normalized spacial score (nSPS) is 11.3. The zero-order chi connectivity index (χ0) is 22.0. The van der Waals surface area contributed by atoms with Crippen LogP contribution in [0.1, 0.15) is 5.56 Å². The highest BCUT2D eigenvalue weighted by Gasteiger charge is 2.14. The summed E-state index contributed by atoms with van der Waals surface area (Å²) >= 11 is 1.24. The van der Waals surface area contributed by atoms with Gasteiger partial charge in [-0.2, -0.15) is 8.78 Å². The van der Waals surface area contributed by atoms with Gasteiger partial charge in [0.05, 0.1) is 18.4 Å². The molecule has 0 atom stereocenters. The van der Waals surface area contributed by atoms with Crippen molar-refractivity contribution in [2.24, 2.45) is 0 Å². The smallest absolute Gasteiger partial charge is 0.387 e. The van der Waals surface area contributed by atoms with Crippen molar-refractivity contribution in [3.63, 3.8) is 0 Å². The quantitative estimate of drug-likeness (QED) is 0.422. The standard InChI is InChI=1S/C21H18F2N4O3S/c1-12-9-18-25-26-21(27(18)17-10-15(29-2)7-8-16(12)17)31-11-19(28)24-13-3-5-14(6-4-13)30-20(22)23/h3-10,20H,11H2,1-2H3,(H,24,28). The SMILES string of the molecule is COc1ccc2c(C)cc3nnc(SCC(=O)Nc4ccc(OC(F)F)cc4)n3c2c1. The Labute approximate surface area is 180 Å². The minimum atomic E-state index is -2.89. The highest BCUT2D eigenvalue weighted by molar-refractivity contribution is 7.99. The van der Waals surface area contributed by atoms with Crippen molar-refractivity contribution < 1.29 is 23.0 Å². The molecule has 0 aliphatic rings. The number of pyridine rings is 1. The molecule has 0 radical (unpaired) electrons. The van der Waals surface area contributed by atoms with E-state index >= 15 is 0 Å². The second kappa shape index (κ2) is 8.76. The van der Waals surface area contributed by atoms with Gasteiger partial charge in [0.1, 0.15) is 11.5 Å². The fourth-order valence-corrected chi connectivity index (χ4v) is 3.92. The van der Waals surface area contributed by atoms with Crippen LogP contribution in [0.25, 0.3) is 16.6 Å². The summed E-state index contributed by atoms with van der Waals surface area (Å²) in [5.41, 5.74) is 3.10. The van der Waals surface area contributed by atoms with Crippen LogP contribution in [0.3, 0.4) is 0 Å². The molecule has 2 heterocycles. The Morgan fingerprint density at radius 2 is 1.87 bits per heavy atom. The van der Waals surface area contributed by atoms with Crippen molar-refractivity contribution in [1.82, 2.24) is 14.6 Å². The highest BCUT2D eigenvalue weighted by Crippen LogP contribution is 2.28. The Balaban J connectivity index is 1.51. The Morgan fingerprint density at radius 1 is 1.13 bits per heavy atom. The van der Waals surface area contributed by atoms with E-state index in [2.05, 4.69) is 20.3 Å². The molecule has 1 amide bonds. The van der Waals surface area contributed by atoms with Crippen LogP contribution in [0.5, 0.6) is 11.5 Å². The van der Waals surface area contributed by atoms with Gasteiger partial charge in [0.2, 0.25) is 5.91 Å². The van der Waals surface area contributed by atoms with Crippen molar-refractivity contribution >= 4 is 39.9 Å². The molecule has 0 fully saturated rings. The molecule has 4 rings (SSSR count). The average molecular weight is 444 g/mol. The highest BCUT2D eigenvalue weighted by atomic mass is 32.2. The van der Waals surface area contributed by atoms with E-state index in [1.165, 1.54) is 36.0 Å². The van der Waals surface area contributed by atoms with E-state index in [0.29, 0.717) is 22.2 Å². The molecule has 1 N–H and O–H groups in total. The summed E-state index contributed by atoms with van der Waals surface area (Å²) in [4.78, 5) is 12.4. The number of thioether (sulfide) groups is 1. The van der Waals surface area contributed by atoms with Gasteiger partial charge in [-0.1, -0.05) is 11.8 Å². The molecule has 0 saturated carbocycles. The largest absolute Gasteiger partial charge is 0.497 e. The first-order valence-corrected chi connectivity index (χ1v) is 10.2. The number of nitrogens with zero attached hydrogens (tertiary/aromatic N) is 3. The third kappa shape index (κ3) is 4.53. The maximum Gasteiger partial charge on any atom is 0.387 e. The van der Waals surface area contributed by atoms with E-state index in [1.807, 2.05) is 35.6 Å². The summed E-state index contributed by atoms with van der Waals surface area (Å²) in [6.45, 7) is -0.892. The predicted octanol–water partition coefficient (Wildman–Crippen LogP) is 4.53. The molecule has 31 heavy (non-hydrogen) atoms. The lowest BCUT2D eigenvalue weighted by Gasteiger charge is -2.09. The second-order valence-electron chi connectivity index (χ2n) is 6.63. The second-order valence-corrected chi connectivity index (χ2v) is 7.57. The summed E-state index contributed by atoms with van der Waals surface area (Å²) in [6.07, 6.45) is 0. The van der Waals surface area contributed by atoms with Crippen LogP contribution in [-0.2, 0) is 4.79 Å². The van der Waals surface area contributed by atoms with Crippen LogP contribution >= 0.6 is 11.8 Å². The number of hydrogen-bond donors (Lipinski definition) is 1. The van der Waals surface area contributed by atoms with Gasteiger partial charge in [-0.05, 0) is 55.0 Å². The molecule has 0 bridgehead atoms. The van der Waals surface area contributed by atoms with Gasteiger partial charge in [-0.3, -0.25) is 9.20 Å². The van der Waals surface area contributed by atoms with Crippen molar-refractivity contribution in [2.75, 3.05) is 18.2 Å². The van der Waals surface area contributed by atoms with Gasteiger partial charge in [-0.15, -0.1) is 10.2 Å². The van der Waals surface area contributed by atoms with Gasteiger partial charge >= 0.3 is 6.61 Å². The first-order valence-electron chi connectivity index (χ1n) is 9.24. The number of aromatic nitrogens is 3. The van der Waals surface area contributed by atoms with E-state index in [0.717, 1.165) is 16.5 Å². The summed E-state index contributed by atoms with van der Waals surface area (Å²) < 4.78 is 36.0. The molecule has 10 heteroatoms. The van der Waals surface area contributed by atoms with E-state index in [1.54, 1.807) is 7.11 Å². The number of anilines is 1. The number of methoxy groups -OCH3 is 1. The lowest BCUT2D eigenvalue weighted by molar-refractivity contribution is -0.113. The van der Waals surface area contributed by atoms with Crippen LogP contribution < -0.4 is 14.8 Å². The fraction of sp³-hybridized carbons (Fsp3) is 0.190. The Hall–Kier alpha value is -3.40. The number of alkyl halides is 2. The molecule has 0 aliphatic carbocycles. The molecular weight excluding hydrogens is 426 g/mol. The molecule has 7 nitrogen and oxygen atoms in total. The van der Waals surface area contributed by atoms with Crippen LogP contribution in [0.15, 0.2) is 53.7 Å². The molecule has 160 valence electrons. The molecule has 0 aliphatic heterocycles. The maximum atomic E-state index is 12.4. The van der Waals surface area contributed by atoms with Crippen LogP contribution in [0.4, 0.5) is 14.5 Å². The van der Waals surface area contributed by atoms with Gasteiger partial charge in [-0.25, -0.2) is 0 Å². The lowest BCUT2D eigenvalue weighted by Crippen LogP contribution is -2.14. The number of hydrogen-bond acceptors (Lipinski definition) is 6. The Kier molecular flexibility index (Phi) is 5.90. The van der Waals surface area contributed by atoms with Crippen molar-refractivity contribution in [3.05, 3.63) is 54.1 Å². The summed E-state index contributed by atoms with van der Waals surface area (Å²) in [5.74, 6) is 0.560. The Bertz CT molecular complexity index is 1250. The minimum absolute atomic E-state index is 0.0231. The number of fused-ring (bicyclic) bond motifs is 3. The van der Waals surface area contributed by atoms with Crippen LogP contribution in [0.2, 0.25) is 0 Å². The van der Waals surface area contributed by atoms with E-state index < -0.39 is 6.61 Å². The minimum Gasteiger partial charge on any atom is -0.497 e. The third-order valence-corrected chi connectivity index (χ3v) is 5.50. The predicted molar refractivity (Wildman–Crippen MR) is 114 cm³/mol. The summed E-state index contributed by atoms with van der Waals surface area (Å²) in [6, 6.07) is 13.4. The van der Waals surface area contributed by atoms with Crippen molar-refractivity contribution in [3.8, 4) is 11.5 Å². The average Bonchev–Trinajstić information content (AvgIpc) is 3.16. The molecule has 4 aromatic rings. The topological polar surface area (TPSA) is 77.8 Å². The summed E-state index contributed by atoms with van der Waals surface area (Å²) in [5, 5.41) is 12.8. The number of carbonyl (C=O) groups excluding carboxylic acids is 1. The molecule has 2 aromatic carbocycles. The number of ether oxygens (including phenoxy) is 2. The number of halogens is 2. The fourth-order valence-electron chi connectivity index (χ4n) is 3.17. The monoisotopic (exact) mass is 444 g/mol. The number of rotatable bonds is 7. The van der Waals surface area contributed by atoms with Gasteiger partial charge < -0.3 is 14.8 Å². The number of aryl methyl sites for hydroxylation is 1. The molecule has 2 aromatic heterocycles. The van der Waals surface area contributed by atoms with Crippen molar-refractivity contribution in [2.45, 2.75) is 18.7 Å². The van der Waals surface area contributed by atoms with Gasteiger partial charge in [0.25, 0.3) is 0 Å². The van der Waals surface area contributed by atoms with Gasteiger partial charge in [0.15, 0.2) is 10.8 Å². The zero-order valence-corrected chi connectivity index (χ0v) is 17.5. The molecule has 0 unspecified atom stereocenters. The number of amides is 1. The van der Waals surface area contributed by atoms with E-state index in [4.69, 9.17) is 4.74 Å². The van der Waals surface area contributed by atoms with Crippen LogP contribution in [-0.4, -0.2) is 40.0 Å². The first-order chi connectivity index (χ1) is 14.9. The molecule has 0 spiro atoms. The molecule has 0 saturated heterocycles. The van der Waals surface area contributed by atoms with Gasteiger partial charge in [0, 0.05) is 17.1 Å². The van der Waals surface area contributed by atoms with Crippen LogP contribution in [0, 0.1) is 6.92 Å².